The second kappa shape index (κ2) is 10.2. The molecule has 160 valence electrons. The average Bonchev–Trinajstić information content (AvgIpc) is 2.75. The van der Waals surface area contributed by atoms with Gasteiger partial charge in [0.05, 0.1) is 19.3 Å². The zero-order valence-corrected chi connectivity index (χ0v) is 17.2. The molecule has 1 unspecified atom stereocenters. The Balaban J connectivity index is 1.66. The van der Waals surface area contributed by atoms with Gasteiger partial charge in [0.25, 0.3) is 0 Å². The maximum atomic E-state index is 13.3. The summed E-state index contributed by atoms with van der Waals surface area (Å²) in [7, 11) is 3.96. The van der Waals surface area contributed by atoms with Crippen LogP contribution in [0.1, 0.15) is 11.6 Å². The van der Waals surface area contributed by atoms with E-state index in [-0.39, 0.29) is 18.3 Å². The van der Waals surface area contributed by atoms with Crippen LogP contribution in [-0.4, -0.2) is 63.7 Å². The van der Waals surface area contributed by atoms with Crippen LogP contribution in [0.25, 0.3) is 0 Å². The standard InChI is InChI=1S/C22H27FN4O3/c1-26(2)19-8-6-16(7-9-19)20(27-10-12-30-13-11-27)15-24-21(28)22(29)25-18-5-3-4-17(23)14-18/h3-9,14,20H,10-13,15H2,1-2H3,(H,24,28)(H,25,29). The fourth-order valence-corrected chi connectivity index (χ4v) is 3.37. The first-order chi connectivity index (χ1) is 14.4. The first kappa shape index (κ1) is 21.7. The molecule has 2 amide bonds. The Morgan fingerprint density at radius 3 is 2.43 bits per heavy atom. The van der Waals surface area contributed by atoms with Gasteiger partial charge >= 0.3 is 11.8 Å². The van der Waals surface area contributed by atoms with Crippen molar-refractivity contribution in [2.75, 3.05) is 57.2 Å². The molecule has 2 aromatic rings. The Hall–Kier alpha value is -2.97. The highest BCUT2D eigenvalue weighted by Gasteiger charge is 2.24. The maximum absolute atomic E-state index is 13.3. The highest BCUT2D eigenvalue weighted by atomic mass is 19.1. The zero-order valence-electron chi connectivity index (χ0n) is 17.2. The van der Waals surface area contributed by atoms with Gasteiger partial charge in [-0.15, -0.1) is 0 Å². The summed E-state index contributed by atoms with van der Waals surface area (Å²) in [6.07, 6.45) is 0. The molecule has 1 saturated heterocycles. The summed E-state index contributed by atoms with van der Waals surface area (Å²) in [5.74, 6) is -2.08. The Kier molecular flexibility index (Phi) is 7.37. The summed E-state index contributed by atoms with van der Waals surface area (Å²) in [5, 5.41) is 5.13. The van der Waals surface area contributed by atoms with Crippen LogP contribution in [0.3, 0.4) is 0 Å². The first-order valence-electron chi connectivity index (χ1n) is 9.88. The van der Waals surface area contributed by atoms with Gasteiger partial charge in [-0.25, -0.2) is 4.39 Å². The van der Waals surface area contributed by atoms with Crippen LogP contribution in [0.2, 0.25) is 0 Å². The number of hydrogen-bond donors (Lipinski definition) is 2. The molecule has 1 aliphatic heterocycles. The van der Waals surface area contributed by atoms with E-state index < -0.39 is 17.6 Å². The minimum absolute atomic E-state index is 0.0870. The number of anilines is 2. The number of benzene rings is 2. The Labute approximate surface area is 175 Å². The van der Waals surface area contributed by atoms with Gasteiger partial charge in [-0.05, 0) is 35.9 Å². The number of nitrogens with one attached hydrogen (secondary N) is 2. The molecule has 0 aliphatic carbocycles. The van der Waals surface area contributed by atoms with Crippen LogP contribution in [0.5, 0.6) is 0 Å². The van der Waals surface area contributed by atoms with Gasteiger partial charge in [-0.3, -0.25) is 14.5 Å². The Morgan fingerprint density at radius 1 is 1.10 bits per heavy atom. The maximum Gasteiger partial charge on any atom is 0.313 e. The minimum Gasteiger partial charge on any atom is -0.379 e. The van der Waals surface area contributed by atoms with Crippen LogP contribution in [0, 0.1) is 5.82 Å². The molecule has 1 heterocycles. The third-order valence-electron chi connectivity index (χ3n) is 5.03. The summed E-state index contributed by atoms with van der Waals surface area (Å²) in [5.41, 5.74) is 2.37. The molecule has 0 aromatic heterocycles. The number of morpholine rings is 1. The number of rotatable bonds is 6. The van der Waals surface area contributed by atoms with Crippen molar-refractivity contribution in [1.29, 1.82) is 0 Å². The van der Waals surface area contributed by atoms with Gasteiger partial charge in [0.2, 0.25) is 0 Å². The lowest BCUT2D eigenvalue weighted by molar-refractivity contribution is -0.136. The van der Waals surface area contributed by atoms with Gasteiger partial charge in [0, 0.05) is 45.1 Å². The number of hydrogen-bond acceptors (Lipinski definition) is 5. The molecule has 1 aliphatic rings. The van der Waals surface area contributed by atoms with E-state index in [1.165, 1.54) is 18.2 Å². The lowest BCUT2D eigenvalue weighted by atomic mass is 10.0. The van der Waals surface area contributed by atoms with Crippen LogP contribution in [0.15, 0.2) is 48.5 Å². The summed E-state index contributed by atoms with van der Waals surface area (Å²) in [6, 6.07) is 13.5. The number of nitrogens with zero attached hydrogens (tertiary/aromatic N) is 2. The Bertz CT molecular complexity index is 867. The van der Waals surface area contributed by atoms with Gasteiger partial charge in [-0.2, -0.15) is 0 Å². The molecule has 0 radical (unpaired) electrons. The molecule has 1 atom stereocenters. The van der Waals surface area contributed by atoms with Crippen LogP contribution >= 0.6 is 0 Å². The molecule has 30 heavy (non-hydrogen) atoms. The molecule has 1 fully saturated rings. The molecule has 2 aromatic carbocycles. The van der Waals surface area contributed by atoms with Crippen molar-refractivity contribution in [2.45, 2.75) is 6.04 Å². The van der Waals surface area contributed by atoms with Crippen molar-refractivity contribution in [1.82, 2.24) is 10.2 Å². The number of amides is 2. The average molecular weight is 414 g/mol. The van der Waals surface area contributed by atoms with E-state index in [1.54, 1.807) is 0 Å². The third-order valence-corrected chi connectivity index (χ3v) is 5.03. The van der Waals surface area contributed by atoms with Crippen LogP contribution in [0.4, 0.5) is 15.8 Å². The highest BCUT2D eigenvalue weighted by Crippen LogP contribution is 2.23. The van der Waals surface area contributed by atoms with Gasteiger partial charge < -0.3 is 20.3 Å². The fourth-order valence-electron chi connectivity index (χ4n) is 3.37. The summed E-state index contributed by atoms with van der Waals surface area (Å²) in [6.45, 7) is 3.01. The molecular formula is C22H27FN4O3. The third kappa shape index (κ3) is 5.77. The van der Waals surface area contributed by atoms with Crippen molar-refractivity contribution < 1.29 is 18.7 Å². The topological polar surface area (TPSA) is 73.9 Å². The van der Waals surface area contributed by atoms with E-state index in [9.17, 15) is 14.0 Å². The van der Waals surface area contributed by atoms with E-state index >= 15 is 0 Å². The molecule has 3 rings (SSSR count). The number of halogens is 1. The lowest BCUT2D eigenvalue weighted by Gasteiger charge is -2.35. The molecule has 0 bridgehead atoms. The SMILES string of the molecule is CN(C)c1ccc(C(CNC(=O)C(=O)Nc2cccc(F)c2)N2CCOCC2)cc1. The quantitative estimate of drug-likeness (QED) is 0.708. The van der Waals surface area contributed by atoms with E-state index in [1.807, 2.05) is 43.3 Å². The van der Waals surface area contributed by atoms with Gasteiger partial charge in [0.1, 0.15) is 5.82 Å². The molecule has 0 saturated carbocycles. The molecule has 0 spiro atoms. The normalized spacial score (nSPS) is 15.3. The van der Waals surface area contributed by atoms with Gasteiger partial charge in [0.15, 0.2) is 0 Å². The van der Waals surface area contributed by atoms with E-state index in [2.05, 4.69) is 15.5 Å². The number of ether oxygens (including phenoxy) is 1. The second-order valence-corrected chi connectivity index (χ2v) is 7.32. The van der Waals surface area contributed by atoms with Crippen molar-refractivity contribution in [3.63, 3.8) is 0 Å². The summed E-state index contributed by atoms with van der Waals surface area (Å²) >= 11 is 0. The second-order valence-electron chi connectivity index (χ2n) is 7.32. The smallest absolute Gasteiger partial charge is 0.313 e. The highest BCUT2D eigenvalue weighted by molar-refractivity contribution is 6.39. The first-order valence-corrected chi connectivity index (χ1v) is 9.88. The van der Waals surface area contributed by atoms with Crippen molar-refractivity contribution in [3.05, 3.63) is 59.9 Å². The lowest BCUT2D eigenvalue weighted by Crippen LogP contribution is -2.45. The summed E-state index contributed by atoms with van der Waals surface area (Å²) < 4.78 is 18.7. The van der Waals surface area contributed by atoms with Gasteiger partial charge in [-0.1, -0.05) is 18.2 Å². The Morgan fingerprint density at radius 2 is 1.80 bits per heavy atom. The largest absolute Gasteiger partial charge is 0.379 e. The fraction of sp³-hybridized carbons (Fsp3) is 0.364. The monoisotopic (exact) mass is 414 g/mol. The number of carbonyl (C=O) groups excluding carboxylic acids is 2. The van der Waals surface area contributed by atoms with Crippen molar-refractivity contribution in [3.8, 4) is 0 Å². The summed E-state index contributed by atoms with van der Waals surface area (Å²) in [4.78, 5) is 28.8. The molecular weight excluding hydrogens is 387 g/mol. The molecule has 8 heteroatoms. The minimum atomic E-state index is -0.829. The predicted molar refractivity (Wildman–Crippen MR) is 114 cm³/mol. The predicted octanol–water partition coefficient (Wildman–Crippen LogP) is 2.02. The van der Waals surface area contributed by atoms with Crippen LogP contribution in [-0.2, 0) is 14.3 Å². The van der Waals surface area contributed by atoms with Crippen LogP contribution < -0.4 is 15.5 Å². The van der Waals surface area contributed by atoms with E-state index in [0.29, 0.717) is 13.2 Å². The van der Waals surface area contributed by atoms with E-state index in [0.717, 1.165) is 30.4 Å². The molecule has 2 N–H and O–H groups in total. The van der Waals surface area contributed by atoms with E-state index in [4.69, 9.17) is 4.74 Å². The zero-order chi connectivity index (χ0) is 21.5. The molecule has 7 nitrogen and oxygen atoms in total. The number of carbonyl (C=O) groups is 2. The van der Waals surface area contributed by atoms with Crippen molar-refractivity contribution >= 4 is 23.2 Å². The van der Waals surface area contributed by atoms with Crippen molar-refractivity contribution in [2.24, 2.45) is 0 Å².